The average molecular weight is 646 g/mol. The minimum atomic E-state index is -3.55. The van der Waals surface area contributed by atoms with Gasteiger partial charge in [0.05, 0.1) is 12.3 Å². The molecule has 3 aromatic rings. The zero-order valence-corrected chi connectivity index (χ0v) is 27.2. The van der Waals surface area contributed by atoms with Gasteiger partial charge in [0.2, 0.25) is 15.9 Å². The first kappa shape index (κ1) is 31.3. The summed E-state index contributed by atoms with van der Waals surface area (Å²) in [6.45, 7) is 6.72. The van der Waals surface area contributed by atoms with Gasteiger partial charge in [-0.2, -0.15) is 4.31 Å². The van der Waals surface area contributed by atoms with Crippen molar-refractivity contribution in [2.24, 2.45) is 17.8 Å². The standard InChI is InChI=1S/C33H38Cl2N2O3S2/c1-4-22(5-2)30-19-29(25-8-6-9-27(35)18-25)32(24-13-15-26(34)16-14-24)37(33(30)38)31(23-11-12-23)21-36(42(3,39)40)20-28-10-7-17-41-28/h4,6-10,13-18,22-23,29-32H,1,5,11-12,19-21H2,2-3H3/t22-,29?,30?,31-,32?/m1/s1. The predicted molar refractivity (Wildman–Crippen MR) is 173 cm³/mol. The van der Waals surface area contributed by atoms with Gasteiger partial charge in [0.1, 0.15) is 0 Å². The Morgan fingerprint density at radius 3 is 2.38 bits per heavy atom. The molecule has 1 aliphatic carbocycles. The van der Waals surface area contributed by atoms with E-state index in [9.17, 15) is 13.2 Å². The van der Waals surface area contributed by atoms with Crippen LogP contribution in [0, 0.1) is 17.8 Å². The van der Waals surface area contributed by atoms with Crippen molar-refractivity contribution in [2.45, 2.75) is 57.2 Å². The summed E-state index contributed by atoms with van der Waals surface area (Å²) in [4.78, 5) is 17.8. The predicted octanol–water partition coefficient (Wildman–Crippen LogP) is 8.18. The molecule has 2 fully saturated rings. The number of hydrogen-bond acceptors (Lipinski definition) is 4. The Bertz CT molecular complexity index is 1490. The van der Waals surface area contributed by atoms with Crippen molar-refractivity contribution in [1.29, 1.82) is 0 Å². The SMILES string of the molecule is C=C[C@H](CC)C1CC(c2cccc(Cl)c2)C(c2ccc(Cl)cc2)N([C@H](CN(Cc2cccs2)S(C)(=O)=O)C2CC2)C1=O. The maximum atomic E-state index is 14.8. The first-order valence-electron chi connectivity index (χ1n) is 14.5. The molecule has 1 aromatic heterocycles. The van der Waals surface area contributed by atoms with Crippen molar-refractivity contribution < 1.29 is 13.2 Å². The lowest BCUT2D eigenvalue weighted by Gasteiger charge is -2.50. The molecule has 2 heterocycles. The van der Waals surface area contributed by atoms with Crippen LogP contribution in [0.2, 0.25) is 10.0 Å². The monoisotopic (exact) mass is 644 g/mol. The zero-order chi connectivity index (χ0) is 30.0. The molecule has 42 heavy (non-hydrogen) atoms. The highest BCUT2D eigenvalue weighted by Gasteiger charge is 2.51. The van der Waals surface area contributed by atoms with E-state index in [1.165, 1.54) is 17.6 Å². The molecule has 5 atom stereocenters. The number of piperidine rings is 1. The van der Waals surface area contributed by atoms with Crippen LogP contribution in [0.15, 0.2) is 78.7 Å². The van der Waals surface area contributed by atoms with E-state index in [1.54, 1.807) is 4.31 Å². The fraction of sp³-hybridized carbons (Fsp3) is 0.424. The van der Waals surface area contributed by atoms with Crippen LogP contribution < -0.4 is 0 Å². The van der Waals surface area contributed by atoms with Crippen LogP contribution in [0.1, 0.15) is 60.6 Å². The van der Waals surface area contributed by atoms with Crippen LogP contribution in [0.5, 0.6) is 0 Å². The molecule has 2 aliphatic rings. The third kappa shape index (κ3) is 6.97. The van der Waals surface area contributed by atoms with Gasteiger partial charge in [-0.3, -0.25) is 4.79 Å². The number of allylic oxidation sites excluding steroid dienone is 1. The highest BCUT2D eigenvalue weighted by molar-refractivity contribution is 7.88. The quantitative estimate of drug-likeness (QED) is 0.187. The molecule has 1 aliphatic heterocycles. The van der Waals surface area contributed by atoms with Crippen molar-refractivity contribution in [3.05, 3.63) is 105 Å². The summed E-state index contributed by atoms with van der Waals surface area (Å²) in [7, 11) is -3.55. The van der Waals surface area contributed by atoms with Gasteiger partial charge < -0.3 is 4.90 Å². The Balaban J connectivity index is 1.65. The first-order valence-corrected chi connectivity index (χ1v) is 18.0. The summed E-state index contributed by atoms with van der Waals surface area (Å²) in [6, 6.07) is 19.0. The second-order valence-corrected chi connectivity index (χ2v) is 15.5. The molecule has 0 spiro atoms. The average Bonchev–Trinajstić information content (AvgIpc) is 3.67. The molecule has 9 heteroatoms. The number of carbonyl (C=O) groups is 1. The summed E-state index contributed by atoms with van der Waals surface area (Å²) >= 11 is 14.4. The largest absolute Gasteiger partial charge is 0.330 e. The van der Waals surface area contributed by atoms with E-state index in [2.05, 4.69) is 24.5 Å². The van der Waals surface area contributed by atoms with Crippen LogP contribution in [-0.4, -0.2) is 42.4 Å². The fourth-order valence-electron chi connectivity index (χ4n) is 6.52. The minimum Gasteiger partial charge on any atom is -0.330 e. The molecule has 0 N–H and O–H groups in total. The van der Waals surface area contributed by atoms with E-state index in [-0.39, 0.29) is 48.2 Å². The molecule has 1 saturated heterocycles. The van der Waals surface area contributed by atoms with E-state index >= 15 is 0 Å². The summed E-state index contributed by atoms with van der Waals surface area (Å²) < 4.78 is 27.9. The van der Waals surface area contributed by atoms with Gasteiger partial charge in [-0.25, -0.2) is 8.42 Å². The third-order valence-electron chi connectivity index (χ3n) is 8.84. The van der Waals surface area contributed by atoms with Gasteiger partial charge in [0, 0.05) is 45.9 Å². The molecular weight excluding hydrogens is 607 g/mol. The molecule has 1 amide bonds. The van der Waals surface area contributed by atoms with Crippen LogP contribution >= 0.6 is 34.5 Å². The number of sulfonamides is 1. The Kier molecular flexibility index (Phi) is 9.85. The molecule has 2 aromatic carbocycles. The lowest BCUT2D eigenvalue weighted by atomic mass is 9.71. The Labute approximate surface area is 264 Å². The molecule has 0 bridgehead atoms. The lowest BCUT2D eigenvalue weighted by Crippen LogP contribution is -2.56. The topological polar surface area (TPSA) is 57.7 Å². The van der Waals surface area contributed by atoms with Gasteiger partial charge in [0.15, 0.2) is 0 Å². The number of amides is 1. The van der Waals surface area contributed by atoms with Crippen molar-refractivity contribution in [3.63, 3.8) is 0 Å². The Morgan fingerprint density at radius 2 is 1.81 bits per heavy atom. The maximum absolute atomic E-state index is 14.8. The van der Waals surface area contributed by atoms with Crippen molar-refractivity contribution in [2.75, 3.05) is 12.8 Å². The molecule has 224 valence electrons. The summed E-state index contributed by atoms with van der Waals surface area (Å²) in [5.41, 5.74) is 2.05. The maximum Gasteiger partial charge on any atom is 0.227 e. The smallest absolute Gasteiger partial charge is 0.227 e. The van der Waals surface area contributed by atoms with E-state index in [0.29, 0.717) is 23.0 Å². The van der Waals surface area contributed by atoms with Gasteiger partial charge in [-0.05, 0) is 84.4 Å². The van der Waals surface area contributed by atoms with Crippen molar-refractivity contribution in [3.8, 4) is 0 Å². The number of benzene rings is 2. The lowest BCUT2D eigenvalue weighted by molar-refractivity contribution is -0.149. The van der Waals surface area contributed by atoms with E-state index in [4.69, 9.17) is 23.2 Å². The summed E-state index contributed by atoms with van der Waals surface area (Å²) in [6.07, 6.45) is 6.54. The number of thiophene rings is 1. The Morgan fingerprint density at radius 1 is 1.07 bits per heavy atom. The normalized spacial score (nSPS) is 22.7. The molecule has 0 radical (unpaired) electrons. The fourth-order valence-corrected chi connectivity index (χ4v) is 8.45. The molecule has 3 unspecified atom stereocenters. The van der Waals surface area contributed by atoms with Crippen molar-refractivity contribution >= 4 is 50.5 Å². The molecular formula is C33H38Cl2N2O3S2. The molecule has 5 rings (SSSR count). The first-order chi connectivity index (χ1) is 20.1. The van der Waals surface area contributed by atoms with Gasteiger partial charge >= 0.3 is 0 Å². The zero-order valence-electron chi connectivity index (χ0n) is 24.0. The number of rotatable bonds is 12. The second kappa shape index (κ2) is 13.2. The van der Waals surface area contributed by atoms with E-state index < -0.39 is 10.0 Å². The molecule has 5 nitrogen and oxygen atoms in total. The number of carbonyl (C=O) groups excluding carboxylic acids is 1. The molecule has 1 saturated carbocycles. The third-order valence-corrected chi connectivity index (χ3v) is 11.4. The number of nitrogens with zero attached hydrogens (tertiary/aromatic N) is 2. The summed E-state index contributed by atoms with van der Waals surface area (Å²) in [5, 5.41) is 3.23. The highest BCUT2D eigenvalue weighted by atomic mass is 35.5. The van der Waals surface area contributed by atoms with Crippen molar-refractivity contribution in [1.82, 2.24) is 9.21 Å². The van der Waals surface area contributed by atoms with Crippen LogP contribution in [-0.2, 0) is 21.4 Å². The number of halogens is 2. The van der Waals surface area contributed by atoms with Crippen LogP contribution in [0.25, 0.3) is 0 Å². The van der Waals surface area contributed by atoms with Crippen LogP contribution in [0.3, 0.4) is 0 Å². The number of hydrogen-bond donors (Lipinski definition) is 0. The van der Waals surface area contributed by atoms with E-state index in [0.717, 1.165) is 35.3 Å². The van der Waals surface area contributed by atoms with Gasteiger partial charge in [0.25, 0.3) is 0 Å². The summed E-state index contributed by atoms with van der Waals surface area (Å²) in [5.74, 6) is -0.0257. The number of likely N-dealkylation sites (tertiary alicyclic amines) is 1. The Hall–Kier alpha value is -2.16. The van der Waals surface area contributed by atoms with Crippen LogP contribution in [0.4, 0.5) is 0 Å². The van der Waals surface area contributed by atoms with E-state index in [1.807, 2.05) is 66.1 Å². The van der Waals surface area contributed by atoms with Gasteiger partial charge in [-0.1, -0.05) is 66.5 Å². The minimum absolute atomic E-state index is 0.00448. The highest BCUT2D eigenvalue weighted by Crippen LogP contribution is 2.51. The second-order valence-electron chi connectivity index (χ2n) is 11.6. The van der Waals surface area contributed by atoms with Gasteiger partial charge in [-0.15, -0.1) is 17.9 Å².